The Morgan fingerprint density at radius 3 is 1.65 bits per heavy atom. The number of rotatable bonds is 20. The van der Waals surface area contributed by atoms with Crippen molar-refractivity contribution in [2.75, 3.05) is 0 Å². The van der Waals surface area contributed by atoms with Crippen LogP contribution in [0.15, 0.2) is 30.3 Å². The van der Waals surface area contributed by atoms with Gasteiger partial charge in [-0.1, -0.05) is 50.1 Å². The minimum Gasteiger partial charge on any atom is -0.481 e. The molecule has 0 unspecified atom stereocenters. The maximum atomic E-state index is 13.1. The Morgan fingerprint density at radius 1 is 0.652 bits per heavy atom. The number of hydrogen-bond acceptors (Lipinski definition) is 9. The van der Waals surface area contributed by atoms with Crippen molar-refractivity contribution in [1.29, 1.82) is 0 Å². The third-order valence-electron chi connectivity index (χ3n) is 6.62. The van der Waals surface area contributed by atoms with E-state index in [2.05, 4.69) is 21.3 Å². The van der Waals surface area contributed by atoms with Gasteiger partial charge in [0, 0.05) is 6.42 Å². The Kier molecular flexibility index (Phi) is 16.4. The topological polar surface area (TPSA) is 283 Å². The fourth-order valence-electron chi connectivity index (χ4n) is 4.02. The van der Waals surface area contributed by atoms with Crippen LogP contribution in [0.25, 0.3) is 0 Å². The summed E-state index contributed by atoms with van der Waals surface area (Å²) >= 11 is 0. The lowest BCUT2D eigenvalue weighted by Gasteiger charge is -2.24. The molecule has 0 aliphatic carbocycles. The molecule has 46 heavy (non-hydrogen) atoms. The van der Waals surface area contributed by atoms with Gasteiger partial charge in [-0.2, -0.15) is 0 Å². The van der Waals surface area contributed by atoms with Gasteiger partial charge in [0.25, 0.3) is 0 Å². The SMILES string of the molecule is CCCC[C@H](NC(=O)[C@H](Cc1ccccc1)NC(=O)[C@H](C)NC(=O)[C@H](C)NC(=O)[C@H](CC(=O)O)NC(=O)[C@@H](N)CC(=O)O)C(=O)O. The monoisotopic (exact) mass is 650 g/mol. The number of nitrogens with two attached hydrogens (primary N) is 1. The lowest BCUT2D eigenvalue weighted by Crippen LogP contribution is -2.58. The van der Waals surface area contributed by atoms with E-state index in [0.717, 1.165) is 0 Å². The van der Waals surface area contributed by atoms with Crippen LogP contribution in [0.2, 0.25) is 0 Å². The fraction of sp³-hybridized carbons (Fsp3) is 0.517. The van der Waals surface area contributed by atoms with Crippen LogP contribution in [0.5, 0.6) is 0 Å². The molecule has 10 N–H and O–H groups in total. The number of aliphatic carboxylic acids is 3. The molecule has 0 spiro atoms. The van der Waals surface area contributed by atoms with Crippen LogP contribution in [0.3, 0.4) is 0 Å². The first-order chi connectivity index (χ1) is 21.5. The van der Waals surface area contributed by atoms with E-state index in [-0.39, 0.29) is 12.8 Å². The molecule has 0 aliphatic rings. The molecule has 17 heteroatoms. The number of unbranched alkanes of at least 4 members (excludes halogenated alkanes) is 1. The zero-order valence-electron chi connectivity index (χ0n) is 25.8. The van der Waals surface area contributed by atoms with E-state index in [1.165, 1.54) is 13.8 Å². The molecule has 0 radical (unpaired) electrons. The third-order valence-corrected chi connectivity index (χ3v) is 6.62. The summed E-state index contributed by atoms with van der Waals surface area (Å²) in [4.78, 5) is 97.5. The molecule has 5 amide bonds. The van der Waals surface area contributed by atoms with Gasteiger partial charge >= 0.3 is 17.9 Å². The summed E-state index contributed by atoms with van der Waals surface area (Å²) < 4.78 is 0. The number of nitrogens with one attached hydrogen (secondary N) is 5. The zero-order valence-corrected chi connectivity index (χ0v) is 25.8. The Hall–Kier alpha value is -5.06. The van der Waals surface area contributed by atoms with Gasteiger partial charge in [0.05, 0.1) is 18.9 Å². The van der Waals surface area contributed by atoms with Crippen molar-refractivity contribution in [2.45, 2.75) is 95.5 Å². The summed E-state index contributed by atoms with van der Waals surface area (Å²) in [6.07, 6.45) is -0.234. The van der Waals surface area contributed by atoms with Gasteiger partial charge in [0.1, 0.15) is 30.2 Å². The van der Waals surface area contributed by atoms with Gasteiger partial charge in [-0.3, -0.25) is 33.6 Å². The second kappa shape index (κ2) is 19.4. The first kappa shape index (κ1) is 39.0. The van der Waals surface area contributed by atoms with Gasteiger partial charge in [-0.05, 0) is 25.8 Å². The number of hydrogen-bond donors (Lipinski definition) is 9. The number of amides is 5. The van der Waals surface area contributed by atoms with E-state index in [1.54, 1.807) is 30.3 Å². The third kappa shape index (κ3) is 14.1. The molecular weight excluding hydrogens is 608 g/mol. The van der Waals surface area contributed by atoms with Crippen molar-refractivity contribution in [1.82, 2.24) is 26.6 Å². The molecule has 1 aromatic rings. The largest absolute Gasteiger partial charge is 0.481 e. The van der Waals surface area contributed by atoms with Gasteiger partial charge in [0.15, 0.2) is 0 Å². The highest BCUT2D eigenvalue weighted by atomic mass is 16.4. The van der Waals surface area contributed by atoms with Gasteiger partial charge in [-0.25, -0.2) is 4.79 Å². The van der Waals surface area contributed by atoms with E-state index in [1.807, 2.05) is 12.2 Å². The lowest BCUT2D eigenvalue weighted by atomic mass is 10.0. The summed E-state index contributed by atoms with van der Waals surface area (Å²) in [5, 5.41) is 39.0. The normalized spacial score (nSPS) is 14.6. The molecule has 0 aromatic heterocycles. The summed E-state index contributed by atoms with van der Waals surface area (Å²) in [5.74, 6) is -8.71. The van der Waals surface area contributed by atoms with E-state index in [0.29, 0.717) is 18.4 Å². The number of carboxylic acid groups (broad SMARTS) is 3. The van der Waals surface area contributed by atoms with Crippen LogP contribution in [-0.4, -0.2) is 99.0 Å². The van der Waals surface area contributed by atoms with E-state index in [9.17, 15) is 43.5 Å². The second-order valence-electron chi connectivity index (χ2n) is 10.6. The minimum atomic E-state index is -1.70. The molecule has 1 rings (SSSR count). The minimum absolute atomic E-state index is 0.0124. The predicted molar refractivity (Wildman–Crippen MR) is 161 cm³/mol. The number of benzene rings is 1. The molecule has 1 aromatic carbocycles. The van der Waals surface area contributed by atoms with Crippen LogP contribution >= 0.6 is 0 Å². The molecule has 0 aliphatic heterocycles. The highest BCUT2D eigenvalue weighted by molar-refractivity contribution is 5.97. The van der Waals surface area contributed by atoms with Crippen molar-refractivity contribution in [2.24, 2.45) is 5.73 Å². The van der Waals surface area contributed by atoms with Crippen LogP contribution < -0.4 is 32.3 Å². The molecule has 0 saturated heterocycles. The van der Waals surface area contributed by atoms with Crippen molar-refractivity contribution in [3.63, 3.8) is 0 Å². The smallest absolute Gasteiger partial charge is 0.326 e. The number of carbonyl (C=O) groups excluding carboxylic acids is 5. The maximum absolute atomic E-state index is 13.1. The molecule has 0 bridgehead atoms. The van der Waals surface area contributed by atoms with Crippen LogP contribution in [0, 0.1) is 0 Å². The Bertz CT molecular complexity index is 1260. The molecule has 0 saturated carbocycles. The summed E-state index contributed by atoms with van der Waals surface area (Å²) in [5.41, 5.74) is 6.13. The van der Waals surface area contributed by atoms with Crippen LogP contribution in [0.1, 0.15) is 58.4 Å². The average Bonchev–Trinajstić information content (AvgIpc) is 2.97. The Balaban J connectivity index is 2.94. The molecule has 6 atom stereocenters. The lowest BCUT2D eigenvalue weighted by molar-refractivity contribution is -0.143. The fourth-order valence-corrected chi connectivity index (χ4v) is 4.02. The molecule has 0 heterocycles. The summed E-state index contributed by atoms with van der Waals surface area (Å²) in [6.45, 7) is 4.40. The maximum Gasteiger partial charge on any atom is 0.326 e. The van der Waals surface area contributed by atoms with E-state index in [4.69, 9.17) is 15.9 Å². The highest BCUT2D eigenvalue weighted by Gasteiger charge is 2.31. The first-order valence-electron chi connectivity index (χ1n) is 14.5. The quantitative estimate of drug-likeness (QED) is 0.0759. The van der Waals surface area contributed by atoms with Crippen molar-refractivity contribution in [3.8, 4) is 0 Å². The Morgan fingerprint density at radius 2 is 1.13 bits per heavy atom. The Labute approximate surface area is 265 Å². The predicted octanol–water partition coefficient (Wildman–Crippen LogP) is -1.76. The summed E-state index contributed by atoms with van der Waals surface area (Å²) in [6, 6.07) is 0.387. The van der Waals surface area contributed by atoms with Crippen LogP contribution in [-0.2, 0) is 44.8 Å². The van der Waals surface area contributed by atoms with Crippen molar-refractivity contribution < 1.29 is 53.7 Å². The van der Waals surface area contributed by atoms with E-state index >= 15 is 0 Å². The molecule has 17 nitrogen and oxygen atoms in total. The van der Waals surface area contributed by atoms with Crippen molar-refractivity contribution >= 4 is 47.4 Å². The summed E-state index contributed by atoms with van der Waals surface area (Å²) in [7, 11) is 0. The number of carbonyl (C=O) groups is 8. The molecule has 254 valence electrons. The van der Waals surface area contributed by atoms with E-state index < -0.39 is 96.5 Å². The second-order valence-corrected chi connectivity index (χ2v) is 10.6. The molecule has 0 fully saturated rings. The first-order valence-corrected chi connectivity index (χ1v) is 14.5. The van der Waals surface area contributed by atoms with Crippen LogP contribution in [0.4, 0.5) is 0 Å². The van der Waals surface area contributed by atoms with Gasteiger partial charge in [-0.15, -0.1) is 0 Å². The number of carboxylic acids is 3. The van der Waals surface area contributed by atoms with Gasteiger partial charge in [0.2, 0.25) is 29.5 Å². The highest BCUT2D eigenvalue weighted by Crippen LogP contribution is 2.07. The standard InChI is InChI=1S/C29H42N6O11/c1-4-5-11-19(29(45)46)33-28(44)20(12-17-9-7-6-8-10-17)34-25(41)16(3)31-24(40)15(2)32-27(43)21(14-23(38)39)35-26(42)18(30)13-22(36)37/h6-10,15-16,18-21H,4-5,11-14,30H2,1-3H3,(H,31,40)(H,32,43)(H,33,44)(H,34,41)(H,35,42)(H,36,37)(H,38,39)(H,45,46)/t15-,16-,18-,19-,20-,21-/m0/s1. The van der Waals surface area contributed by atoms with Crippen molar-refractivity contribution in [3.05, 3.63) is 35.9 Å². The van der Waals surface area contributed by atoms with Gasteiger partial charge < -0.3 is 47.6 Å². The average molecular weight is 651 g/mol. The molecular formula is C29H42N6O11. The zero-order chi connectivity index (χ0) is 35.0.